The van der Waals surface area contributed by atoms with E-state index in [9.17, 15) is 14.7 Å². The number of nitrogens with zero attached hydrogens (tertiary/aromatic N) is 1. The maximum Gasteiger partial charge on any atom is 0.356 e. The molecule has 1 aromatic heterocycles. The molecular formula is C17H23NO6S2. The summed E-state index contributed by atoms with van der Waals surface area (Å²) in [6, 6.07) is 3.13. The van der Waals surface area contributed by atoms with Crippen LogP contribution in [-0.2, 0) is 19.1 Å². The van der Waals surface area contributed by atoms with Crippen LogP contribution in [0.2, 0.25) is 0 Å². The van der Waals surface area contributed by atoms with Gasteiger partial charge in [-0.25, -0.2) is 9.79 Å². The number of carbonyl (C=O) groups is 2. The number of ether oxygens (including phenoxy) is 2. The number of aliphatic hydroxyl groups is 1. The van der Waals surface area contributed by atoms with Crippen molar-refractivity contribution in [2.24, 2.45) is 10.9 Å². The van der Waals surface area contributed by atoms with Crippen molar-refractivity contribution in [3.05, 3.63) is 35.9 Å². The molecule has 0 bridgehead atoms. The molecule has 0 aliphatic carbocycles. The van der Waals surface area contributed by atoms with Gasteiger partial charge in [0.15, 0.2) is 0 Å². The molecule has 0 unspecified atom stereocenters. The van der Waals surface area contributed by atoms with E-state index >= 15 is 0 Å². The molecule has 0 aromatic carbocycles. The van der Waals surface area contributed by atoms with Gasteiger partial charge in [0.25, 0.3) is 0 Å². The molecule has 144 valence electrons. The van der Waals surface area contributed by atoms with Gasteiger partial charge in [-0.1, -0.05) is 0 Å². The van der Waals surface area contributed by atoms with Crippen LogP contribution in [0.4, 0.5) is 0 Å². The Balaban J connectivity index is 3.34. The summed E-state index contributed by atoms with van der Waals surface area (Å²) in [5.74, 6) is -2.37. The second kappa shape index (κ2) is 11.8. The molecule has 0 aliphatic heterocycles. The number of esters is 2. The second-order valence-electron chi connectivity index (χ2n) is 4.80. The summed E-state index contributed by atoms with van der Waals surface area (Å²) in [5, 5.41) is 10.5. The molecule has 0 radical (unpaired) electrons. The Morgan fingerprint density at radius 1 is 1.27 bits per heavy atom. The van der Waals surface area contributed by atoms with Crippen molar-refractivity contribution in [1.82, 2.24) is 0 Å². The van der Waals surface area contributed by atoms with Crippen molar-refractivity contribution in [1.29, 1.82) is 0 Å². The number of thioether (sulfide) groups is 2. The van der Waals surface area contributed by atoms with Gasteiger partial charge in [-0.3, -0.25) is 4.79 Å². The van der Waals surface area contributed by atoms with Crippen LogP contribution < -0.4 is 0 Å². The third-order valence-electron chi connectivity index (χ3n) is 3.12. The minimum Gasteiger partial charge on any atom is -0.467 e. The second-order valence-corrected chi connectivity index (χ2v) is 6.64. The van der Waals surface area contributed by atoms with E-state index in [-0.39, 0.29) is 24.7 Å². The van der Waals surface area contributed by atoms with Gasteiger partial charge in [0, 0.05) is 0 Å². The fraction of sp³-hybridized carbons (Fsp3) is 0.471. The molecule has 0 saturated heterocycles. The molecular weight excluding hydrogens is 378 g/mol. The average molecular weight is 402 g/mol. The Bertz CT molecular complexity index is 636. The molecule has 1 rings (SSSR count). The van der Waals surface area contributed by atoms with E-state index in [1.165, 1.54) is 41.9 Å². The van der Waals surface area contributed by atoms with E-state index in [2.05, 4.69) is 4.99 Å². The third kappa shape index (κ3) is 6.54. The summed E-state index contributed by atoms with van der Waals surface area (Å²) in [4.78, 5) is 28.9. The van der Waals surface area contributed by atoms with Crippen LogP contribution in [0.15, 0.2) is 39.6 Å². The summed E-state index contributed by atoms with van der Waals surface area (Å²) in [5.41, 5.74) is -0.0748. The van der Waals surface area contributed by atoms with Crippen molar-refractivity contribution in [2.45, 2.75) is 20.0 Å². The summed E-state index contributed by atoms with van der Waals surface area (Å²) < 4.78 is 15.8. The van der Waals surface area contributed by atoms with Gasteiger partial charge >= 0.3 is 11.9 Å². The Labute approximate surface area is 161 Å². The van der Waals surface area contributed by atoms with E-state index < -0.39 is 24.0 Å². The number of hydrogen-bond donors (Lipinski definition) is 1. The molecule has 0 spiro atoms. The first-order valence-corrected chi connectivity index (χ1v) is 10.4. The SMILES string of the molecule is CCOC(=O)/C(=C/[C@@H](C(=O)OCC)[C@H](O)c1ccco1)N=C(SC)SC. The van der Waals surface area contributed by atoms with Crippen LogP contribution in [0, 0.1) is 5.92 Å². The zero-order valence-corrected chi connectivity index (χ0v) is 16.8. The summed E-state index contributed by atoms with van der Waals surface area (Å²) in [7, 11) is 0. The van der Waals surface area contributed by atoms with E-state index in [1.54, 1.807) is 19.9 Å². The normalized spacial score (nSPS) is 13.7. The number of aliphatic hydroxyl groups excluding tert-OH is 1. The first-order chi connectivity index (χ1) is 12.5. The lowest BCUT2D eigenvalue weighted by molar-refractivity contribution is -0.150. The van der Waals surface area contributed by atoms with Gasteiger partial charge in [0.1, 0.15) is 27.9 Å². The van der Waals surface area contributed by atoms with Crippen molar-refractivity contribution >= 4 is 39.8 Å². The molecule has 1 heterocycles. The fourth-order valence-electron chi connectivity index (χ4n) is 1.96. The van der Waals surface area contributed by atoms with E-state index in [0.29, 0.717) is 4.38 Å². The van der Waals surface area contributed by atoms with Gasteiger partial charge in [0.05, 0.1) is 19.5 Å². The van der Waals surface area contributed by atoms with Gasteiger partial charge in [-0.2, -0.15) is 0 Å². The standard InChI is InChI=1S/C17H23NO6S2/c1-5-22-15(20)11(14(19)13-8-7-9-24-13)10-12(16(21)23-6-2)18-17(25-3)26-4/h7-11,14,19H,5-6H2,1-4H3/b12-10-/t11-,14+/m1/s1. The number of hydrogen-bond acceptors (Lipinski definition) is 9. The maximum absolute atomic E-state index is 12.3. The smallest absolute Gasteiger partial charge is 0.356 e. The fourth-order valence-corrected chi connectivity index (χ4v) is 3.01. The number of aliphatic imine (C=N–C) groups is 1. The van der Waals surface area contributed by atoms with Crippen LogP contribution in [-0.4, -0.2) is 47.1 Å². The summed E-state index contributed by atoms with van der Waals surface area (Å²) in [6.07, 6.45) is 4.96. The molecule has 1 N–H and O–H groups in total. The Kier molecular flexibility index (Phi) is 10.2. The van der Waals surface area contributed by atoms with E-state index in [0.717, 1.165) is 0 Å². The van der Waals surface area contributed by atoms with E-state index in [1.807, 2.05) is 12.5 Å². The zero-order chi connectivity index (χ0) is 19.5. The third-order valence-corrected chi connectivity index (χ3v) is 5.00. The van der Waals surface area contributed by atoms with Gasteiger partial charge in [-0.05, 0) is 44.6 Å². The monoisotopic (exact) mass is 401 g/mol. The number of furan rings is 1. The highest BCUT2D eigenvalue weighted by molar-refractivity contribution is 8.38. The molecule has 2 atom stereocenters. The van der Waals surface area contributed by atoms with Crippen LogP contribution in [0.5, 0.6) is 0 Å². The zero-order valence-electron chi connectivity index (χ0n) is 15.1. The molecule has 9 heteroatoms. The van der Waals surface area contributed by atoms with E-state index in [4.69, 9.17) is 13.9 Å². The van der Waals surface area contributed by atoms with Crippen molar-refractivity contribution in [3.63, 3.8) is 0 Å². The van der Waals surface area contributed by atoms with Crippen molar-refractivity contribution in [2.75, 3.05) is 25.7 Å². The van der Waals surface area contributed by atoms with Crippen LogP contribution >= 0.6 is 23.5 Å². The average Bonchev–Trinajstić information content (AvgIpc) is 3.16. The highest BCUT2D eigenvalue weighted by Gasteiger charge is 2.31. The van der Waals surface area contributed by atoms with Crippen molar-refractivity contribution in [3.8, 4) is 0 Å². The molecule has 0 amide bonds. The first-order valence-electron chi connectivity index (χ1n) is 7.92. The Morgan fingerprint density at radius 2 is 1.92 bits per heavy atom. The summed E-state index contributed by atoms with van der Waals surface area (Å²) >= 11 is 2.71. The quantitative estimate of drug-likeness (QED) is 0.307. The van der Waals surface area contributed by atoms with Crippen LogP contribution in [0.25, 0.3) is 0 Å². The van der Waals surface area contributed by atoms with Crippen molar-refractivity contribution < 1.29 is 28.6 Å². The highest BCUT2D eigenvalue weighted by Crippen LogP contribution is 2.27. The van der Waals surface area contributed by atoms with Crippen LogP contribution in [0.3, 0.4) is 0 Å². The molecule has 26 heavy (non-hydrogen) atoms. The molecule has 7 nitrogen and oxygen atoms in total. The number of rotatable bonds is 8. The Hall–Kier alpha value is -1.71. The van der Waals surface area contributed by atoms with Gasteiger partial charge < -0.3 is 19.0 Å². The predicted molar refractivity (Wildman–Crippen MR) is 103 cm³/mol. The lowest BCUT2D eigenvalue weighted by Gasteiger charge is -2.17. The van der Waals surface area contributed by atoms with Gasteiger partial charge in [0.2, 0.25) is 0 Å². The minimum absolute atomic E-state index is 0.0748. The lowest BCUT2D eigenvalue weighted by atomic mass is 9.99. The Morgan fingerprint density at radius 3 is 2.42 bits per heavy atom. The molecule has 0 saturated carbocycles. The summed E-state index contributed by atoms with van der Waals surface area (Å²) in [6.45, 7) is 3.61. The number of carbonyl (C=O) groups excluding carboxylic acids is 2. The topological polar surface area (TPSA) is 98.3 Å². The molecule has 1 aromatic rings. The maximum atomic E-state index is 12.3. The largest absolute Gasteiger partial charge is 0.467 e. The van der Waals surface area contributed by atoms with Crippen LogP contribution in [0.1, 0.15) is 25.7 Å². The predicted octanol–water partition coefficient (Wildman–Crippen LogP) is 3.02. The lowest BCUT2D eigenvalue weighted by Crippen LogP contribution is -2.24. The first kappa shape index (κ1) is 22.3. The highest BCUT2D eigenvalue weighted by atomic mass is 32.2. The molecule has 0 fully saturated rings. The molecule has 0 aliphatic rings. The van der Waals surface area contributed by atoms with Gasteiger partial charge in [-0.15, -0.1) is 23.5 Å². The minimum atomic E-state index is -1.32.